The lowest BCUT2D eigenvalue weighted by molar-refractivity contribution is -0.116. The van der Waals surface area contributed by atoms with Crippen molar-refractivity contribution in [1.82, 2.24) is 14.3 Å². The molecular weight excluding hydrogens is 244 g/mol. The monoisotopic (exact) mass is 260 g/mol. The van der Waals surface area contributed by atoms with Crippen molar-refractivity contribution in [2.45, 2.75) is 26.4 Å². The second kappa shape index (κ2) is 5.51. The molecule has 1 N–H and O–H groups in total. The Bertz CT molecular complexity index is 627. The lowest BCUT2D eigenvalue weighted by Gasteiger charge is -2.12. The van der Waals surface area contributed by atoms with Crippen LogP contribution in [0.5, 0.6) is 0 Å². The third-order valence-electron chi connectivity index (χ3n) is 2.64. The van der Waals surface area contributed by atoms with Gasteiger partial charge in [-0.15, -0.1) is 0 Å². The van der Waals surface area contributed by atoms with E-state index in [1.165, 1.54) is 10.6 Å². The minimum atomic E-state index is -0.254. The van der Waals surface area contributed by atoms with Gasteiger partial charge in [0.15, 0.2) is 0 Å². The average Bonchev–Trinajstić information content (AvgIpc) is 2.80. The average molecular weight is 260 g/mol. The van der Waals surface area contributed by atoms with Crippen molar-refractivity contribution in [1.29, 1.82) is 0 Å². The summed E-state index contributed by atoms with van der Waals surface area (Å²) < 4.78 is 3.07. The fraction of sp³-hybridized carbons (Fsp3) is 0.308. The number of carbonyl (C=O) groups is 1. The summed E-state index contributed by atoms with van der Waals surface area (Å²) in [4.78, 5) is 23.4. The zero-order chi connectivity index (χ0) is 13.8. The Kier molecular flexibility index (Phi) is 3.79. The third-order valence-corrected chi connectivity index (χ3v) is 2.64. The summed E-state index contributed by atoms with van der Waals surface area (Å²) in [6.45, 7) is 3.94. The third kappa shape index (κ3) is 3.09. The van der Waals surface area contributed by atoms with Gasteiger partial charge in [0, 0.05) is 24.4 Å². The van der Waals surface area contributed by atoms with E-state index in [9.17, 15) is 9.59 Å². The van der Waals surface area contributed by atoms with E-state index in [1.807, 2.05) is 13.8 Å². The van der Waals surface area contributed by atoms with Gasteiger partial charge in [0.05, 0.1) is 6.20 Å². The summed E-state index contributed by atoms with van der Waals surface area (Å²) >= 11 is 0. The molecule has 2 aromatic heterocycles. The van der Waals surface area contributed by atoms with Gasteiger partial charge in [-0.3, -0.25) is 9.59 Å². The van der Waals surface area contributed by atoms with Gasteiger partial charge in [-0.1, -0.05) is 6.07 Å². The number of pyridine rings is 1. The van der Waals surface area contributed by atoms with Crippen LogP contribution in [0.1, 0.15) is 19.9 Å². The molecule has 6 heteroatoms. The van der Waals surface area contributed by atoms with E-state index in [0.717, 1.165) is 0 Å². The molecule has 2 heterocycles. The molecule has 100 valence electrons. The maximum absolute atomic E-state index is 11.9. The van der Waals surface area contributed by atoms with E-state index in [-0.39, 0.29) is 24.1 Å². The van der Waals surface area contributed by atoms with Gasteiger partial charge in [-0.2, -0.15) is 5.10 Å². The van der Waals surface area contributed by atoms with E-state index in [0.29, 0.717) is 5.82 Å². The molecule has 2 aromatic rings. The Balaban J connectivity index is 2.08. The quantitative estimate of drug-likeness (QED) is 0.900. The first-order valence-electron chi connectivity index (χ1n) is 6.07. The van der Waals surface area contributed by atoms with Crippen LogP contribution in [0.4, 0.5) is 5.82 Å². The highest BCUT2D eigenvalue weighted by Gasteiger charge is 2.10. The number of amides is 1. The highest BCUT2D eigenvalue weighted by molar-refractivity contribution is 5.89. The fourth-order valence-corrected chi connectivity index (χ4v) is 1.75. The minimum absolute atomic E-state index is 0.0110. The first-order chi connectivity index (χ1) is 9.08. The predicted molar refractivity (Wildman–Crippen MR) is 71.9 cm³/mol. The zero-order valence-corrected chi connectivity index (χ0v) is 10.9. The van der Waals surface area contributed by atoms with Crippen LogP contribution in [0, 0.1) is 0 Å². The number of hydrogen-bond donors (Lipinski definition) is 1. The molecule has 0 aliphatic carbocycles. The van der Waals surface area contributed by atoms with Crippen molar-refractivity contribution in [2.75, 3.05) is 5.32 Å². The maximum atomic E-state index is 11.9. The minimum Gasteiger partial charge on any atom is -0.309 e. The molecule has 1 amide bonds. The maximum Gasteiger partial charge on any atom is 0.250 e. The molecular formula is C13H16N4O2. The predicted octanol–water partition coefficient (Wildman–Crippen LogP) is 1.26. The molecule has 2 rings (SSSR count). The Morgan fingerprint density at radius 1 is 1.37 bits per heavy atom. The summed E-state index contributed by atoms with van der Waals surface area (Å²) in [5.41, 5.74) is -0.199. The van der Waals surface area contributed by atoms with Gasteiger partial charge < -0.3 is 9.88 Å². The van der Waals surface area contributed by atoms with Gasteiger partial charge in [0.2, 0.25) is 5.91 Å². The molecule has 0 radical (unpaired) electrons. The zero-order valence-electron chi connectivity index (χ0n) is 10.9. The molecule has 6 nitrogen and oxygen atoms in total. The van der Waals surface area contributed by atoms with Crippen LogP contribution in [0.15, 0.2) is 41.5 Å². The second-order valence-electron chi connectivity index (χ2n) is 4.47. The lowest BCUT2D eigenvalue weighted by atomic mass is 10.4. The molecule has 0 unspecified atom stereocenters. The molecule has 0 fully saturated rings. The summed E-state index contributed by atoms with van der Waals surface area (Å²) in [5.74, 6) is 0.375. The summed E-state index contributed by atoms with van der Waals surface area (Å²) in [6, 6.07) is 6.67. The van der Waals surface area contributed by atoms with Crippen LogP contribution in [0.2, 0.25) is 0 Å². The first-order valence-corrected chi connectivity index (χ1v) is 6.07. The molecule has 0 atom stereocenters. The van der Waals surface area contributed by atoms with E-state index >= 15 is 0 Å². The van der Waals surface area contributed by atoms with Crippen molar-refractivity contribution < 1.29 is 4.79 Å². The van der Waals surface area contributed by atoms with Crippen molar-refractivity contribution in [3.8, 4) is 0 Å². The van der Waals surface area contributed by atoms with Gasteiger partial charge in [0.1, 0.15) is 12.4 Å². The van der Waals surface area contributed by atoms with E-state index < -0.39 is 0 Å². The molecule has 0 aromatic carbocycles. The summed E-state index contributed by atoms with van der Waals surface area (Å²) in [5, 5.41) is 6.88. The number of nitrogens with zero attached hydrogens (tertiary/aromatic N) is 3. The highest BCUT2D eigenvalue weighted by atomic mass is 16.2. The lowest BCUT2D eigenvalue weighted by Crippen LogP contribution is -2.27. The largest absolute Gasteiger partial charge is 0.309 e. The van der Waals surface area contributed by atoms with Crippen LogP contribution in [0.3, 0.4) is 0 Å². The second-order valence-corrected chi connectivity index (χ2v) is 4.47. The van der Waals surface area contributed by atoms with E-state index in [2.05, 4.69) is 10.4 Å². The van der Waals surface area contributed by atoms with Crippen molar-refractivity contribution >= 4 is 11.7 Å². The molecule has 19 heavy (non-hydrogen) atoms. The number of nitrogens with one attached hydrogen (secondary N) is 1. The van der Waals surface area contributed by atoms with E-state index in [4.69, 9.17) is 0 Å². The van der Waals surface area contributed by atoms with Crippen LogP contribution in [-0.2, 0) is 11.3 Å². The van der Waals surface area contributed by atoms with Gasteiger partial charge >= 0.3 is 0 Å². The Morgan fingerprint density at radius 3 is 2.84 bits per heavy atom. The van der Waals surface area contributed by atoms with Crippen LogP contribution in [0.25, 0.3) is 0 Å². The standard InChI is InChI=1S/C13H16N4O2/c1-10(2)17-11(6-7-14-17)15-12(18)9-16-8-4-3-5-13(16)19/h3-8,10H,9H2,1-2H3,(H,15,18). The topological polar surface area (TPSA) is 68.9 Å². The van der Waals surface area contributed by atoms with Crippen LogP contribution >= 0.6 is 0 Å². The molecule has 0 saturated heterocycles. The highest BCUT2D eigenvalue weighted by Crippen LogP contribution is 2.12. The Labute approximate surface area is 110 Å². The number of aromatic nitrogens is 3. The Hall–Kier alpha value is -2.37. The van der Waals surface area contributed by atoms with Gasteiger partial charge in [-0.25, -0.2) is 4.68 Å². The fourth-order valence-electron chi connectivity index (χ4n) is 1.75. The number of anilines is 1. The smallest absolute Gasteiger partial charge is 0.250 e. The molecule has 0 bridgehead atoms. The van der Waals surface area contributed by atoms with Gasteiger partial charge in [0.25, 0.3) is 5.56 Å². The van der Waals surface area contributed by atoms with Crippen molar-refractivity contribution in [3.05, 3.63) is 47.0 Å². The van der Waals surface area contributed by atoms with Crippen LogP contribution < -0.4 is 10.9 Å². The van der Waals surface area contributed by atoms with E-state index in [1.54, 1.807) is 35.3 Å². The van der Waals surface area contributed by atoms with Crippen molar-refractivity contribution in [2.24, 2.45) is 0 Å². The van der Waals surface area contributed by atoms with Gasteiger partial charge in [-0.05, 0) is 19.9 Å². The first kappa shape index (κ1) is 13.1. The van der Waals surface area contributed by atoms with Crippen molar-refractivity contribution in [3.63, 3.8) is 0 Å². The molecule has 0 spiro atoms. The number of rotatable bonds is 4. The normalized spacial score (nSPS) is 10.7. The molecule has 0 aliphatic rings. The molecule has 0 aliphatic heterocycles. The SMILES string of the molecule is CC(C)n1nccc1NC(=O)Cn1ccccc1=O. The Morgan fingerprint density at radius 2 is 2.16 bits per heavy atom. The summed E-state index contributed by atoms with van der Waals surface area (Å²) in [6.07, 6.45) is 3.21. The number of hydrogen-bond acceptors (Lipinski definition) is 3. The van der Waals surface area contributed by atoms with Crippen LogP contribution in [-0.4, -0.2) is 20.3 Å². The molecule has 0 saturated carbocycles. The summed E-state index contributed by atoms with van der Waals surface area (Å²) in [7, 11) is 0. The number of carbonyl (C=O) groups excluding carboxylic acids is 1.